The zero-order valence-corrected chi connectivity index (χ0v) is 13.3. The number of hydrogen-bond acceptors (Lipinski definition) is 5. The minimum Gasteiger partial charge on any atom is -0.494 e. The van der Waals surface area contributed by atoms with Gasteiger partial charge in [-0.2, -0.15) is 0 Å². The molecule has 6 N–H and O–H groups in total. The molecular weight excluding hydrogens is 296 g/mol. The van der Waals surface area contributed by atoms with Crippen molar-refractivity contribution in [3.05, 3.63) is 29.8 Å². The summed E-state index contributed by atoms with van der Waals surface area (Å²) in [7, 11) is 0. The number of hydrogen-bond donors (Lipinski definition) is 5. The summed E-state index contributed by atoms with van der Waals surface area (Å²) in [6.07, 6.45) is 1.77. The van der Waals surface area contributed by atoms with Gasteiger partial charge in [-0.25, -0.2) is 0 Å². The van der Waals surface area contributed by atoms with E-state index < -0.39 is 5.97 Å². The minimum absolute atomic E-state index is 0.0531. The average molecular weight is 322 g/mol. The first kappa shape index (κ1) is 18.9. The summed E-state index contributed by atoms with van der Waals surface area (Å²) in [5.41, 5.74) is 6.08. The van der Waals surface area contributed by atoms with E-state index in [0.717, 1.165) is 38.3 Å². The Bertz CT molecular complexity index is 477. The number of rotatable bonds is 13. The number of nitrogens with two attached hydrogens (primary N) is 1. The third-order valence-corrected chi connectivity index (χ3v) is 3.15. The summed E-state index contributed by atoms with van der Waals surface area (Å²) in [5.74, 6) is 0.0771. The highest BCUT2D eigenvalue weighted by Gasteiger charge is 1.98. The third-order valence-electron chi connectivity index (χ3n) is 3.15. The Morgan fingerprint density at radius 2 is 1.70 bits per heavy atom. The lowest BCUT2D eigenvalue weighted by Gasteiger charge is -2.08. The van der Waals surface area contributed by atoms with Crippen molar-refractivity contribution in [2.45, 2.75) is 19.3 Å². The molecule has 23 heavy (non-hydrogen) atoms. The normalized spacial score (nSPS) is 10.4. The first-order valence-corrected chi connectivity index (χ1v) is 7.80. The number of carbonyl (C=O) groups is 1. The van der Waals surface area contributed by atoms with Gasteiger partial charge in [-0.3, -0.25) is 10.2 Å². The summed E-state index contributed by atoms with van der Waals surface area (Å²) in [6.45, 7) is 3.89. The zero-order valence-electron chi connectivity index (χ0n) is 13.3. The molecule has 0 aromatic heterocycles. The highest BCUT2D eigenvalue weighted by Crippen LogP contribution is 2.11. The Morgan fingerprint density at radius 3 is 2.26 bits per heavy atom. The van der Waals surface area contributed by atoms with E-state index in [1.54, 1.807) is 12.1 Å². The van der Waals surface area contributed by atoms with Crippen LogP contribution in [-0.4, -0.2) is 49.7 Å². The Balaban J connectivity index is 1.93. The van der Waals surface area contributed by atoms with E-state index in [9.17, 15) is 4.79 Å². The average Bonchev–Trinajstić information content (AvgIpc) is 2.52. The standard InChI is InChI=1S/C16H26N4O3/c17-16(18)13-4-6-14(7-5-13)23-12-2-9-20-11-10-19-8-1-3-15(21)22/h4-7,19-20H,1-3,8-12H2,(H3,17,18)(H,21,22). The molecule has 7 nitrogen and oxygen atoms in total. The summed E-state index contributed by atoms with van der Waals surface area (Å²) < 4.78 is 5.60. The van der Waals surface area contributed by atoms with Crippen molar-refractivity contribution in [1.82, 2.24) is 10.6 Å². The number of ether oxygens (including phenoxy) is 1. The molecule has 0 fully saturated rings. The Hall–Kier alpha value is -2.12. The van der Waals surface area contributed by atoms with Crippen molar-refractivity contribution in [2.24, 2.45) is 5.73 Å². The number of nitrogens with one attached hydrogen (secondary N) is 3. The predicted molar refractivity (Wildman–Crippen MR) is 90.2 cm³/mol. The fraction of sp³-hybridized carbons (Fsp3) is 0.500. The zero-order chi connectivity index (χ0) is 16.9. The second-order valence-electron chi connectivity index (χ2n) is 5.14. The molecule has 0 saturated carbocycles. The van der Waals surface area contributed by atoms with E-state index >= 15 is 0 Å². The van der Waals surface area contributed by atoms with Gasteiger partial charge in [-0.1, -0.05) is 0 Å². The highest BCUT2D eigenvalue weighted by molar-refractivity contribution is 5.94. The van der Waals surface area contributed by atoms with Crippen molar-refractivity contribution < 1.29 is 14.6 Å². The van der Waals surface area contributed by atoms with Crippen LogP contribution in [0.1, 0.15) is 24.8 Å². The molecule has 0 aliphatic carbocycles. The molecule has 0 heterocycles. The van der Waals surface area contributed by atoms with E-state index in [2.05, 4.69) is 10.6 Å². The number of aliphatic carboxylic acids is 1. The van der Waals surface area contributed by atoms with Gasteiger partial charge in [0.25, 0.3) is 0 Å². The highest BCUT2D eigenvalue weighted by atomic mass is 16.5. The van der Waals surface area contributed by atoms with E-state index in [-0.39, 0.29) is 12.3 Å². The monoisotopic (exact) mass is 322 g/mol. The van der Waals surface area contributed by atoms with Gasteiger partial charge in [0, 0.05) is 25.1 Å². The van der Waals surface area contributed by atoms with Crippen LogP contribution >= 0.6 is 0 Å². The molecule has 0 unspecified atom stereocenters. The maximum absolute atomic E-state index is 10.3. The second-order valence-corrected chi connectivity index (χ2v) is 5.14. The van der Waals surface area contributed by atoms with Crippen molar-refractivity contribution in [3.8, 4) is 5.75 Å². The van der Waals surface area contributed by atoms with Gasteiger partial charge >= 0.3 is 5.97 Å². The molecule has 0 aliphatic heterocycles. The van der Waals surface area contributed by atoms with Gasteiger partial charge in [-0.05, 0) is 50.2 Å². The minimum atomic E-state index is -0.749. The number of benzene rings is 1. The summed E-state index contributed by atoms with van der Waals surface area (Å²) >= 11 is 0. The second kappa shape index (κ2) is 11.4. The van der Waals surface area contributed by atoms with Crippen molar-refractivity contribution in [2.75, 3.05) is 32.8 Å². The smallest absolute Gasteiger partial charge is 0.303 e. The first-order chi connectivity index (χ1) is 11.1. The molecule has 0 saturated heterocycles. The molecule has 1 aromatic carbocycles. The third kappa shape index (κ3) is 9.49. The van der Waals surface area contributed by atoms with Crippen molar-refractivity contribution in [3.63, 3.8) is 0 Å². The molecular formula is C16H26N4O3. The van der Waals surface area contributed by atoms with Gasteiger partial charge in [0.15, 0.2) is 0 Å². The maximum Gasteiger partial charge on any atom is 0.303 e. The van der Waals surface area contributed by atoms with Gasteiger partial charge in [-0.15, -0.1) is 0 Å². The van der Waals surface area contributed by atoms with Crippen LogP contribution in [0.25, 0.3) is 0 Å². The maximum atomic E-state index is 10.3. The van der Waals surface area contributed by atoms with E-state index in [4.69, 9.17) is 21.0 Å². The lowest BCUT2D eigenvalue weighted by molar-refractivity contribution is -0.137. The molecule has 1 rings (SSSR count). The summed E-state index contributed by atoms with van der Waals surface area (Å²) in [5, 5.41) is 22.3. The molecule has 1 aromatic rings. The van der Waals surface area contributed by atoms with Crippen molar-refractivity contribution in [1.29, 1.82) is 5.41 Å². The summed E-state index contributed by atoms with van der Waals surface area (Å²) in [4.78, 5) is 10.3. The number of amidine groups is 1. The lowest BCUT2D eigenvalue weighted by Crippen LogP contribution is -2.29. The SMILES string of the molecule is N=C(N)c1ccc(OCCCNCCNCCCC(=O)O)cc1. The molecule has 0 aliphatic rings. The lowest BCUT2D eigenvalue weighted by atomic mass is 10.2. The number of carboxylic acid groups (broad SMARTS) is 1. The molecule has 0 radical (unpaired) electrons. The van der Waals surface area contributed by atoms with Crippen molar-refractivity contribution >= 4 is 11.8 Å². The van der Waals surface area contributed by atoms with Gasteiger partial charge in [0.2, 0.25) is 0 Å². The quantitative estimate of drug-likeness (QED) is 0.208. The van der Waals surface area contributed by atoms with Crippen LogP contribution in [0.5, 0.6) is 5.75 Å². The first-order valence-electron chi connectivity index (χ1n) is 7.80. The van der Waals surface area contributed by atoms with E-state index in [1.165, 1.54) is 0 Å². The van der Waals surface area contributed by atoms with E-state index in [0.29, 0.717) is 18.6 Å². The van der Waals surface area contributed by atoms with Gasteiger partial charge in [0.05, 0.1) is 6.61 Å². The Kier molecular flexibility index (Phi) is 9.42. The Morgan fingerprint density at radius 1 is 1.09 bits per heavy atom. The fourth-order valence-electron chi connectivity index (χ4n) is 1.91. The van der Waals surface area contributed by atoms with Crippen LogP contribution in [0.2, 0.25) is 0 Å². The molecule has 0 atom stereocenters. The van der Waals surface area contributed by atoms with Crippen LogP contribution in [-0.2, 0) is 4.79 Å². The van der Waals surface area contributed by atoms with Gasteiger partial charge < -0.3 is 26.2 Å². The molecule has 128 valence electrons. The fourth-order valence-corrected chi connectivity index (χ4v) is 1.91. The van der Waals surface area contributed by atoms with Crippen LogP contribution in [0.15, 0.2) is 24.3 Å². The number of nitrogen functional groups attached to an aromatic ring is 1. The predicted octanol–water partition coefficient (Wildman–Crippen LogP) is 0.784. The van der Waals surface area contributed by atoms with Crippen LogP contribution < -0.4 is 21.1 Å². The van der Waals surface area contributed by atoms with Crippen LogP contribution in [0.4, 0.5) is 0 Å². The topological polar surface area (TPSA) is 120 Å². The van der Waals surface area contributed by atoms with E-state index in [1.807, 2.05) is 12.1 Å². The number of carboxylic acids is 1. The van der Waals surface area contributed by atoms with Crippen LogP contribution in [0.3, 0.4) is 0 Å². The largest absolute Gasteiger partial charge is 0.494 e. The van der Waals surface area contributed by atoms with Gasteiger partial charge in [0.1, 0.15) is 11.6 Å². The van der Waals surface area contributed by atoms with Crippen LogP contribution in [0, 0.1) is 5.41 Å². The summed E-state index contributed by atoms with van der Waals surface area (Å²) in [6, 6.07) is 7.16. The molecule has 0 spiro atoms. The molecule has 0 bridgehead atoms. The molecule has 7 heteroatoms. The Labute approximate surface area is 136 Å². The molecule has 0 amide bonds.